The second-order valence-electron chi connectivity index (χ2n) is 6.37. The zero-order valence-corrected chi connectivity index (χ0v) is 16.5. The third kappa shape index (κ3) is 4.07. The zero-order valence-electron chi connectivity index (χ0n) is 15.0. The highest BCUT2D eigenvalue weighted by atomic mass is 35.5. The number of aromatic nitrogens is 2. The molecule has 4 aromatic rings. The molecule has 0 aliphatic heterocycles. The number of benzene rings is 3. The minimum atomic E-state index is -3.79. The van der Waals surface area contributed by atoms with E-state index in [9.17, 15) is 12.8 Å². The van der Waals surface area contributed by atoms with Crippen LogP contribution in [-0.4, -0.2) is 18.0 Å². The van der Waals surface area contributed by atoms with Crippen LogP contribution in [0, 0.1) is 5.82 Å². The molecule has 0 unspecified atom stereocenters. The molecule has 1 heterocycles. The van der Waals surface area contributed by atoms with Crippen LogP contribution in [0.1, 0.15) is 0 Å². The van der Waals surface area contributed by atoms with Gasteiger partial charge in [-0.3, -0.25) is 4.57 Å². The third-order valence-corrected chi connectivity index (χ3v) is 5.57. The maximum atomic E-state index is 13.3. The molecule has 0 spiro atoms. The molecule has 0 aliphatic carbocycles. The summed E-state index contributed by atoms with van der Waals surface area (Å²) in [6.07, 6.45) is 1.81. The van der Waals surface area contributed by atoms with E-state index in [0.29, 0.717) is 22.2 Å². The van der Waals surface area contributed by atoms with Crippen molar-refractivity contribution in [2.24, 2.45) is 5.14 Å². The summed E-state index contributed by atoms with van der Waals surface area (Å²) in [5.74, 6) is 0.300. The molecule has 0 saturated carbocycles. The first kappa shape index (κ1) is 19.3. The first-order valence-corrected chi connectivity index (χ1v) is 10.5. The van der Waals surface area contributed by atoms with Crippen molar-refractivity contribution >= 4 is 21.6 Å². The molecule has 8 heteroatoms. The van der Waals surface area contributed by atoms with E-state index < -0.39 is 10.0 Å². The molecular formula is C21H15ClFN3O2S. The average Bonchev–Trinajstić information content (AvgIpc) is 3.14. The van der Waals surface area contributed by atoms with Crippen LogP contribution >= 0.6 is 11.6 Å². The number of hydrogen-bond donors (Lipinski definition) is 1. The van der Waals surface area contributed by atoms with Gasteiger partial charge in [-0.25, -0.2) is 22.9 Å². The molecule has 0 aliphatic rings. The summed E-state index contributed by atoms with van der Waals surface area (Å²) < 4.78 is 38.2. The van der Waals surface area contributed by atoms with Gasteiger partial charge in [0.1, 0.15) is 11.6 Å². The summed E-state index contributed by atoms with van der Waals surface area (Å²) in [6.45, 7) is 0. The Morgan fingerprint density at radius 1 is 0.862 bits per heavy atom. The lowest BCUT2D eigenvalue weighted by Gasteiger charge is -2.08. The van der Waals surface area contributed by atoms with Crippen molar-refractivity contribution in [2.45, 2.75) is 4.90 Å². The minimum absolute atomic E-state index is 0.0215. The summed E-state index contributed by atoms with van der Waals surface area (Å²) in [7, 11) is -3.79. The zero-order chi connectivity index (χ0) is 20.6. The fraction of sp³-hybridized carbons (Fsp3) is 0. The summed E-state index contributed by atoms with van der Waals surface area (Å²) >= 11 is 6.00. The van der Waals surface area contributed by atoms with E-state index in [1.807, 2.05) is 22.9 Å². The third-order valence-electron chi connectivity index (χ3n) is 4.39. The van der Waals surface area contributed by atoms with Gasteiger partial charge in [-0.1, -0.05) is 11.6 Å². The fourth-order valence-electron chi connectivity index (χ4n) is 2.94. The van der Waals surface area contributed by atoms with Crippen LogP contribution in [0.2, 0.25) is 5.02 Å². The van der Waals surface area contributed by atoms with Gasteiger partial charge < -0.3 is 0 Å². The van der Waals surface area contributed by atoms with E-state index in [1.165, 1.54) is 24.3 Å². The quantitative estimate of drug-likeness (QED) is 0.515. The van der Waals surface area contributed by atoms with E-state index in [-0.39, 0.29) is 10.7 Å². The number of rotatable bonds is 4. The van der Waals surface area contributed by atoms with Crippen molar-refractivity contribution in [2.75, 3.05) is 0 Å². The molecule has 0 radical (unpaired) electrons. The van der Waals surface area contributed by atoms with Gasteiger partial charge in [0.05, 0.1) is 10.6 Å². The summed E-state index contributed by atoms with van der Waals surface area (Å²) in [6, 6.07) is 19.4. The number of nitrogens with zero attached hydrogens (tertiary/aromatic N) is 2. The molecule has 1 aromatic heterocycles. The van der Waals surface area contributed by atoms with Gasteiger partial charge in [0.15, 0.2) is 0 Å². The molecule has 0 atom stereocenters. The van der Waals surface area contributed by atoms with Gasteiger partial charge in [-0.2, -0.15) is 0 Å². The van der Waals surface area contributed by atoms with Gasteiger partial charge in [0.25, 0.3) is 0 Å². The second kappa shape index (κ2) is 7.44. The van der Waals surface area contributed by atoms with Crippen molar-refractivity contribution in [3.8, 4) is 28.3 Å². The largest absolute Gasteiger partial charge is 0.299 e. The normalized spacial score (nSPS) is 11.6. The molecule has 5 nitrogen and oxygen atoms in total. The number of imidazole rings is 1. The monoisotopic (exact) mass is 427 g/mol. The number of hydrogen-bond acceptors (Lipinski definition) is 3. The number of nitrogens with two attached hydrogens (primary N) is 1. The van der Waals surface area contributed by atoms with Crippen molar-refractivity contribution in [3.05, 3.63) is 89.8 Å². The molecule has 3 aromatic carbocycles. The second-order valence-corrected chi connectivity index (χ2v) is 8.37. The van der Waals surface area contributed by atoms with Gasteiger partial charge in [0, 0.05) is 28.0 Å². The Morgan fingerprint density at radius 2 is 1.45 bits per heavy atom. The Labute approximate surface area is 172 Å². The molecule has 0 bridgehead atoms. The van der Waals surface area contributed by atoms with Crippen LogP contribution in [-0.2, 0) is 10.0 Å². The van der Waals surface area contributed by atoms with E-state index in [0.717, 1.165) is 11.1 Å². The topological polar surface area (TPSA) is 78.0 Å². The van der Waals surface area contributed by atoms with Gasteiger partial charge >= 0.3 is 0 Å². The summed E-state index contributed by atoms with van der Waals surface area (Å²) in [5.41, 5.74) is 2.91. The fourth-order valence-corrected chi connectivity index (χ4v) is 3.58. The van der Waals surface area contributed by atoms with E-state index in [2.05, 4.69) is 0 Å². The number of sulfonamides is 1. The lowest BCUT2D eigenvalue weighted by atomic mass is 10.2. The summed E-state index contributed by atoms with van der Waals surface area (Å²) in [4.78, 5) is 4.73. The molecule has 0 amide bonds. The van der Waals surface area contributed by atoms with Gasteiger partial charge in [0.2, 0.25) is 10.0 Å². The molecule has 4 rings (SSSR count). The maximum absolute atomic E-state index is 13.3. The highest BCUT2D eigenvalue weighted by Crippen LogP contribution is 2.29. The minimum Gasteiger partial charge on any atom is -0.299 e. The maximum Gasteiger partial charge on any atom is 0.238 e. The Balaban J connectivity index is 1.86. The number of primary sulfonamides is 1. The van der Waals surface area contributed by atoms with Crippen molar-refractivity contribution in [1.29, 1.82) is 0 Å². The smallest absolute Gasteiger partial charge is 0.238 e. The van der Waals surface area contributed by atoms with Crippen LogP contribution in [0.15, 0.2) is 83.9 Å². The predicted molar refractivity (Wildman–Crippen MR) is 111 cm³/mol. The standard InChI is InChI=1S/C21H15ClFN3O2S/c22-16-5-1-15(2-6-16)21-25-20(14-3-7-17(23)8-4-14)13-26(21)18-9-11-19(12-10-18)29(24,27)28/h1-13H,(H2,24,27,28). The Bertz CT molecular complexity index is 1270. The van der Waals surface area contributed by atoms with Crippen LogP contribution < -0.4 is 5.14 Å². The SMILES string of the molecule is NS(=O)(=O)c1ccc(-n2cc(-c3ccc(F)cc3)nc2-c2ccc(Cl)cc2)cc1. The first-order chi connectivity index (χ1) is 13.8. The molecule has 0 fully saturated rings. The highest BCUT2D eigenvalue weighted by molar-refractivity contribution is 7.89. The van der Waals surface area contributed by atoms with Gasteiger partial charge in [-0.15, -0.1) is 0 Å². The first-order valence-electron chi connectivity index (χ1n) is 8.56. The molecule has 29 heavy (non-hydrogen) atoms. The predicted octanol–water partition coefficient (Wildman–Crippen LogP) is 4.65. The van der Waals surface area contributed by atoms with E-state index in [4.69, 9.17) is 21.7 Å². The van der Waals surface area contributed by atoms with Crippen LogP contribution in [0.25, 0.3) is 28.3 Å². The van der Waals surface area contributed by atoms with E-state index in [1.54, 1.807) is 36.4 Å². The Kier molecular flexibility index (Phi) is 4.96. The molecule has 146 valence electrons. The van der Waals surface area contributed by atoms with Crippen molar-refractivity contribution < 1.29 is 12.8 Å². The lowest BCUT2D eigenvalue weighted by Crippen LogP contribution is -2.12. The van der Waals surface area contributed by atoms with Gasteiger partial charge in [-0.05, 0) is 72.8 Å². The molecular weight excluding hydrogens is 413 g/mol. The average molecular weight is 428 g/mol. The van der Waals surface area contributed by atoms with Crippen LogP contribution in [0.5, 0.6) is 0 Å². The number of halogens is 2. The summed E-state index contributed by atoms with van der Waals surface area (Å²) in [5, 5.41) is 5.78. The Morgan fingerprint density at radius 3 is 2.03 bits per heavy atom. The van der Waals surface area contributed by atoms with Crippen LogP contribution in [0.4, 0.5) is 4.39 Å². The molecule has 2 N–H and O–H groups in total. The van der Waals surface area contributed by atoms with Crippen molar-refractivity contribution in [1.82, 2.24) is 9.55 Å². The lowest BCUT2D eigenvalue weighted by molar-refractivity contribution is 0.598. The highest BCUT2D eigenvalue weighted by Gasteiger charge is 2.15. The van der Waals surface area contributed by atoms with Crippen LogP contribution in [0.3, 0.4) is 0 Å². The van der Waals surface area contributed by atoms with Crippen molar-refractivity contribution in [3.63, 3.8) is 0 Å². The molecule has 0 saturated heterocycles. The Hall–Kier alpha value is -3.00. The van der Waals surface area contributed by atoms with E-state index >= 15 is 0 Å².